The maximum absolute atomic E-state index is 5.89. The number of likely N-dealkylation sites (N-methyl/N-ethyl adjacent to an activating group) is 1. The Morgan fingerprint density at radius 2 is 2.19 bits per heavy atom. The second-order valence-corrected chi connectivity index (χ2v) is 6.06. The standard InChI is InChI=1S/C13H18ClNS/c1-15-12(13-3-2-8-16-13)9-10-4-6-11(14)7-5-10/h4-7,12-13,15H,2-3,8-9H2,1H3. The van der Waals surface area contributed by atoms with Crippen LogP contribution in [0.25, 0.3) is 0 Å². The van der Waals surface area contributed by atoms with E-state index in [1.807, 2.05) is 12.1 Å². The number of hydrogen-bond acceptors (Lipinski definition) is 2. The quantitative estimate of drug-likeness (QED) is 0.886. The monoisotopic (exact) mass is 255 g/mol. The predicted octanol–water partition coefficient (Wildman–Crippen LogP) is 3.37. The van der Waals surface area contributed by atoms with Gasteiger partial charge in [0, 0.05) is 16.3 Å². The van der Waals surface area contributed by atoms with E-state index in [2.05, 4.69) is 36.3 Å². The van der Waals surface area contributed by atoms with Crippen LogP contribution < -0.4 is 5.32 Å². The van der Waals surface area contributed by atoms with Gasteiger partial charge in [-0.2, -0.15) is 11.8 Å². The fourth-order valence-electron chi connectivity index (χ4n) is 2.21. The number of halogens is 1. The van der Waals surface area contributed by atoms with Crippen molar-refractivity contribution in [3.8, 4) is 0 Å². The molecule has 0 radical (unpaired) electrons. The topological polar surface area (TPSA) is 12.0 Å². The Kier molecular flexibility index (Phi) is 4.56. The van der Waals surface area contributed by atoms with Crippen molar-refractivity contribution in [1.29, 1.82) is 0 Å². The molecule has 0 bridgehead atoms. The molecule has 0 aliphatic carbocycles. The summed E-state index contributed by atoms with van der Waals surface area (Å²) in [5.74, 6) is 1.32. The number of nitrogens with one attached hydrogen (secondary N) is 1. The van der Waals surface area contributed by atoms with Crippen molar-refractivity contribution < 1.29 is 0 Å². The highest BCUT2D eigenvalue weighted by atomic mass is 35.5. The molecule has 0 amide bonds. The van der Waals surface area contributed by atoms with Crippen LogP contribution in [-0.2, 0) is 6.42 Å². The summed E-state index contributed by atoms with van der Waals surface area (Å²) in [4.78, 5) is 0. The van der Waals surface area contributed by atoms with Crippen LogP contribution in [0.2, 0.25) is 5.02 Å². The van der Waals surface area contributed by atoms with Gasteiger partial charge < -0.3 is 5.32 Å². The smallest absolute Gasteiger partial charge is 0.0406 e. The summed E-state index contributed by atoms with van der Waals surface area (Å²) in [6.45, 7) is 0. The van der Waals surface area contributed by atoms with Gasteiger partial charge in [0.15, 0.2) is 0 Å². The van der Waals surface area contributed by atoms with Crippen LogP contribution in [-0.4, -0.2) is 24.1 Å². The van der Waals surface area contributed by atoms with Crippen LogP contribution in [0.1, 0.15) is 18.4 Å². The Labute approximate surface area is 107 Å². The van der Waals surface area contributed by atoms with E-state index in [0.29, 0.717) is 6.04 Å². The van der Waals surface area contributed by atoms with Crippen LogP contribution in [0.4, 0.5) is 0 Å². The van der Waals surface area contributed by atoms with Gasteiger partial charge in [-0.3, -0.25) is 0 Å². The highest BCUT2D eigenvalue weighted by Gasteiger charge is 2.24. The first-order valence-electron chi connectivity index (χ1n) is 5.83. The summed E-state index contributed by atoms with van der Waals surface area (Å²) in [5.41, 5.74) is 1.37. The molecular formula is C13H18ClNS. The average molecular weight is 256 g/mol. The van der Waals surface area contributed by atoms with Gasteiger partial charge in [-0.25, -0.2) is 0 Å². The average Bonchev–Trinajstić information content (AvgIpc) is 2.82. The van der Waals surface area contributed by atoms with Crippen molar-refractivity contribution in [2.75, 3.05) is 12.8 Å². The lowest BCUT2D eigenvalue weighted by Crippen LogP contribution is -2.36. The van der Waals surface area contributed by atoms with E-state index in [0.717, 1.165) is 16.7 Å². The molecule has 2 atom stereocenters. The van der Waals surface area contributed by atoms with Gasteiger partial charge in [0.05, 0.1) is 0 Å². The summed E-state index contributed by atoms with van der Waals surface area (Å²) in [6, 6.07) is 8.81. The minimum atomic E-state index is 0.591. The Bertz CT molecular complexity index is 319. The van der Waals surface area contributed by atoms with Crippen LogP contribution in [0.3, 0.4) is 0 Å². The lowest BCUT2D eigenvalue weighted by atomic mass is 10.0. The molecule has 1 aliphatic rings. The third-order valence-electron chi connectivity index (χ3n) is 3.15. The summed E-state index contributed by atoms with van der Waals surface area (Å²) in [6.07, 6.45) is 3.82. The fraction of sp³-hybridized carbons (Fsp3) is 0.538. The SMILES string of the molecule is CNC(Cc1ccc(Cl)cc1)C1CCCS1. The fourth-order valence-corrected chi connectivity index (χ4v) is 3.77. The van der Waals surface area contributed by atoms with Gasteiger partial charge >= 0.3 is 0 Å². The Balaban J connectivity index is 1.97. The molecule has 1 fully saturated rings. The normalized spacial score (nSPS) is 22.2. The van der Waals surface area contributed by atoms with Gasteiger partial charge in [0.1, 0.15) is 0 Å². The predicted molar refractivity (Wildman–Crippen MR) is 73.5 cm³/mol. The molecule has 1 N–H and O–H groups in total. The Morgan fingerprint density at radius 3 is 2.75 bits per heavy atom. The van der Waals surface area contributed by atoms with Crippen LogP contribution >= 0.6 is 23.4 Å². The zero-order chi connectivity index (χ0) is 11.4. The highest BCUT2D eigenvalue weighted by molar-refractivity contribution is 8.00. The molecule has 1 aromatic rings. The minimum absolute atomic E-state index is 0.591. The van der Waals surface area contributed by atoms with Gasteiger partial charge in [-0.1, -0.05) is 23.7 Å². The van der Waals surface area contributed by atoms with Gasteiger partial charge in [-0.05, 0) is 49.8 Å². The number of hydrogen-bond donors (Lipinski definition) is 1. The third kappa shape index (κ3) is 3.16. The first-order chi connectivity index (χ1) is 7.79. The number of rotatable bonds is 4. The largest absolute Gasteiger partial charge is 0.316 e. The van der Waals surface area contributed by atoms with Crippen molar-refractivity contribution in [2.24, 2.45) is 0 Å². The van der Waals surface area contributed by atoms with E-state index in [1.165, 1.54) is 24.2 Å². The number of thioether (sulfide) groups is 1. The van der Waals surface area contributed by atoms with E-state index in [-0.39, 0.29) is 0 Å². The molecule has 1 nitrogen and oxygen atoms in total. The van der Waals surface area contributed by atoms with E-state index in [9.17, 15) is 0 Å². The second-order valence-electron chi connectivity index (χ2n) is 4.28. The van der Waals surface area contributed by atoms with Crippen molar-refractivity contribution in [2.45, 2.75) is 30.6 Å². The first-order valence-corrected chi connectivity index (χ1v) is 7.25. The second kappa shape index (κ2) is 5.95. The van der Waals surface area contributed by atoms with E-state index >= 15 is 0 Å². The summed E-state index contributed by atoms with van der Waals surface area (Å²) in [5, 5.41) is 5.05. The summed E-state index contributed by atoms with van der Waals surface area (Å²) >= 11 is 8.00. The zero-order valence-electron chi connectivity index (χ0n) is 9.58. The van der Waals surface area contributed by atoms with Crippen molar-refractivity contribution >= 4 is 23.4 Å². The lowest BCUT2D eigenvalue weighted by molar-refractivity contribution is 0.524. The zero-order valence-corrected chi connectivity index (χ0v) is 11.2. The highest BCUT2D eigenvalue weighted by Crippen LogP contribution is 2.30. The molecule has 1 aliphatic heterocycles. The van der Waals surface area contributed by atoms with Crippen LogP contribution in [0.15, 0.2) is 24.3 Å². The molecular weight excluding hydrogens is 238 g/mol. The Hall–Kier alpha value is -0.180. The van der Waals surface area contributed by atoms with Gasteiger partial charge in [0.25, 0.3) is 0 Å². The van der Waals surface area contributed by atoms with E-state index in [4.69, 9.17) is 11.6 Å². The van der Waals surface area contributed by atoms with E-state index in [1.54, 1.807) is 0 Å². The molecule has 0 saturated carbocycles. The van der Waals surface area contributed by atoms with Gasteiger partial charge in [0.2, 0.25) is 0 Å². The third-order valence-corrected chi connectivity index (χ3v) is 4.92. The maximum Gasteiger partial charge on any atom is 0.0406 e. The first kappa shape index (κ1) is 12.3. The summed E-state index contributed by atoms with van der Waals surface area (Å²) < 4.78 is 0. The molecule has 88 valence electrons. The number of benzene rings is 1. The van der Waals surface area contributed by atoms with Gasteiger partial charge in [-0.15, -0.1) is 0 Å². The van der Waals surface area contributed by atoms with Crippen LogP contribution in [0.5, 0.6) is 0 Å². The van der Waals surface area contributed by atoms with Crippen molar-refractivity contribution in [1.82, 2.24) is 5.32 Å². The molecule has 0 aromatic heterocycles. The molecule has 3 heteroatoms. The molecule has 2 rings (SSSR count). The Morgan fingerprint density at radius 1 is 1.44 bits per heavy atom. The molecule has 0 spiro atoms. The summed E-state index contributed by atoms with van der Waals surface area (Å²) in [7, 11) is 2.07. The van der Waals surface area contributed by atoms with Crippen molar-refractivity contribution in [3.05, 3.63) is 34.9 Å². The molecule has 1 aromatic carbocycles. The van der Waals surface area contributed by atoms with E-state index < -0.39 is 0 Å². The maximum atomic E-state index is 5.89. The minimum Gasteiger partial charge on any atom is -0.316 e. The molecule has 2 unspecified atom stereocenters. The van der Waals surface area contributed by atoms with Crippen molar-refractivity contribution in [3.63, 3.8) is 0 Å². The van der Waals surface area contributed by atoms with Crippen LogP contribution in [0, 0.1) is 0 Å². The molecule has 16 heavy (non-hydrogen) atoms. The molecule has 1 heterocycles. The molecule has 1 saturated heterocycles. The lowest BCUT2D eigenvalue weighted by Gasteiger charge is -2.22.